The average molecular weight is 464 g/mol. The van der Waals surface area contributed by atoms with Gasteiger partial charge in [-0.1, -0.05) is 30.7 Å². The van der Waals surface area contributed by atoms with Gasteiger partial charge in [0.15, 0.2) is 11.5 Å². The van der Waals surface area contributed by atoms with Crippen LogP contribution in [-0.4, -0.2) is 28.8 Å². The molecule has 31 heavy (non-hydrogen) atoms. The Labute approximate surface area is 190 Å². The second-order valence-electron chi connectivity index (χ2n) is 6.94. The molecule has 1 fully saturated rings. The van der Waals surface area contributed by atoms with Crippen molar-refractivity contribution < 1.29 is 23.5 Å². The summed E-state index contributed by atoms with van der Waals surface area (Å²) in [6.45, 7) is 6.12. The molecule has 0 saturated carbocycles. The summed E-state index contributed by atoms with van der Waals surface area (Å²) < 4.78 is 25.7. The highest BCUT2D eigenvalue weighted by Crippen LogP contribution is 2.36. The average Bonchev–Trinajstić information content (AvgIpc) is 2.99. The Balaban J connectivity index is 1.84. The van der Waals surface area contributed by atoms with Crippen molar-refractivity contribution in [3.63, 3.8) is 0 Å². The third-order valence-corrected chi connectivity index (χ3v) is 5.98. The van der Waals surface area contributed by atoms with Crippen LogP contribution in [0.25, 0.3) is 6.08 Å². The Morgan fingerprint density at radius 3 is 2.65 bits per heavy atom. The summed E-state index contributed by atoms with van der Waals surface area (Å²) in [7, 11) is 0. The number of carbonyl (C=O) groups is 2. The maximum absolute atomic E-state index is 14.1. The van der Waals surface area contributed by atoms with Gasteiger partial charge in [0.25, 0.3) is 11.1 Å². The van der Waals surface area contributed by atoms with Gasteiger partial charge in [-0.05, 0) is 67.9 Å². The van der Waals surface area contributed by atoms with Crippen molar-refractivity contribution in [2.45, 2.75) is 39.8 Å². The molecule has 3 rings (SSSR count). The summed E-state index contributed by atoms with van der Waals surface area (Å²) in [4.78, 5) is 26.4. The summed E-state index contributed by atoms with van der Waals surface area (Å²) in [5.41, 5.74) is 0.798. The fourth-order valence-corrected chi connectivity index (χ4v) is 3.97. The van der Waals surface area contributed by atoms with Crippen molar-refractivity contribution in [1.29, 1.82) is 0 Å². The van der Waals surface area contributed by atoms with E-state index in [4.69, 9.17) is 21.1 Å². The van der Waals surface area contributed by atoms with Crippen molar-refractivity contribution in [1.82, 2.24) is 4.90 Å². The van der Waals surface area contributed by atoms with Gasteiger partial charge in [0.1, 0.15) is 5.82 Å². The number of halogens is 2. The molecule has 164 valence electrons. The van der Waals surface area contributed by atoms with E-state index >= 15 is 0 Å². The number of hydrogen-bond donors (Lipinski definition) is 0. The van der Waals surface area contributed by atoms with Crippen LogP contribution in [0.3, 0.4) is 0 Å². The number of thioether (sulfide) groups is 1. The number of hydrogen-bond acceptors (Lipinski definition) is 5. The first kappa shape index (κ1) is 23.2. The Bertz CT molecular complexity index is 1010. The van der Waals surface area contributed by atoms with Gasteiger partial charge >= 0.3 is 0 Å². The van der Waals surface area contributed by atoms with Gasteiger partial charge in [0, 0.05) is 10.6 Å². The van der Waals surface area contributed by atoms with Gasteiger partial charge in [-0.2, -0.15) is 0 Å². The molecule has 1 aliphatic rings. The molecule has 0 radical (unpaired) electrons. The number of rotatable bonds is 8. The minimum Gasteiger partial charge on any atom is -0.490 e. The molecule has 0 bridgehead atoms. The fourth-order valence-electron chi connectivity index (χ4n) is 2.91. The number of imide groups is 1. The fraction of sp³-hybridized carbons (Fsp3) is 0.304. The Hall–Kier alpha value is -2.51. The van der Waals surface area contributed by atoms with Gasteiger partial charge in [-0.15, -0.1) is 0 Å². The SMILES string of the molecule is CCOc1cc(/C=C2/SC(=O)N(Cc3c(F)cccc3Cl)C2=O)ccc1O[C@H](C)CC. The maximum atomic E-state index is 14.1. The summed E-state index contributed by atoms with van der Waals surface area (Å²) in [5, 5.41) is -0.307. The first-order valence-electron chi connectivity index (χ1n) is 9.95. The number of amides is 2. The zero-order valence-electron chi connectivity index (χ0n) is 17.5. The normalized spacial score (nSPS) is 16.2. The lowest BCUT2D eigenvalue weighted by Crippen LogP contribution is -2.28. The van der Waals surface area contributed by atoms with Crippen molar-refractivity contribution >= 4 is 40.6 Å². The number of carbonyl (C=O) groups excluding carboxylic acids is 2. The van der Waals surface area contributed by atoms with Crippen LogP contribution in [-0.2, 0) is 11.3 Å². The number of nitrogens with zero attached hydrogens (tertiary/aromatic N) is 1. The Morgan fingerprint density at radius 2 is 1.97 bits per heavy atom. The Kier molecular flexibility index (Phi) is 7.62. The predicted octanol–water partition coefficient (Wildman–Crippen LogP) is 6.29. The molecule has 2 aromatic carbocycles. The highest BCUT2D eigenvalue weighted by atomic mass is 35.5. The van der Waals surface area contributed by atoms with Gasteiger partial charge in [-0.25, -0.2) is 4.39 Å². The number of ether oxygens (including phenoxy) is 2. The molecular weight excluding hydrogens is 441 g/mol. The van der Waals surface area contributed by atoms with E-state index in [1.807, 2.05) is 20.8 Å². The van der Waals surface area contributed by atoms with Crippen LogP contribution in [0.2, 0.25) is 5.02 Å². The van der Waals surface area contributed by atoms with Crippen LogP contribution in [0.4, 0.5) is 9.18 Å². The topological polar surface area (TPSA) is 55.8 Å². The summed E-state index contributed by atoms with van der Waals surface area (Å²) in [6, 6.07) is 9.58. The smallest absolute Gasteiger partial charge is 0.293 e. The summed E-state index contributed by atoms with van der Waals surface area (Å²) in [5.74, 6) is 0.130. The van der Waals surface area contributed by atoms with E-state index in [1.165, 1.54) is 18.2 Å². The van der Waals surface area contributed by atoms with Gasteiger partial charge in [-0.3, -0.25) is 14.5 Å². The van der Waals surface area contributed by atoms with Crippen LogP contribution in [0.5, 0.6) is 11.5 Å². The molecule has 2 aromatic rings. The van der Waals surface area contributed by atoms with E-state index in [9.17, 15) is 14.0 Å². The summed E-state index contributed by atoms with van der Waals surface area (Å²) in [6.07, 6.45) is 2.50. The molecule has 5 nitrogen and oxygen atoms in total. The monoisotopic (exact) mass is 463 g/mol. The van der Waals surface area contributed by atoms with Crippen molar-refractivity contribution in [3.8, 4) is 11.5 Å². The predicted molar refractivity (Wildman–Crippen MR) is 121 cm³/mol. The van der Waals surface area contributed by atoms with Crippen molar-refractivity contribution in [3.05, 3.63) is 63.3 Å². The zero-order chi connectivity index (χ0) is 22.5. The maximum Gasteiger partial charge on any atom is 0.293 e. The highest BCUT2D eigenvalue weighted by Gasteiger charge is 2.36. The van der Waals surface area contributed by atoms with E-state index in [0.717, 1.165) is 23.1 Å². The standard InChI is InChI=1S/C23H23ClFNO4S/c1-4-14(3)30-19-10-9-15(11-20(19)29-5-2)12-21-22(27)26(23(28)31-21)13-16-17(24)7-6-8-18(16)25/h6-12,14H,4-5,13H2,1-3H3/b21-12+/t14-/m1/s1. The molecule has 0 unspecified atom stereocenters. The van der Waals surface area contributed by atoms with Crippen LogP contribution < -0.4 is 9.47 Å². The molecular formula is C23H23ClFNO4S. The highest BCUT2D eigenvalue weighted by molar-refractivity contribution is 8.18. The van der Waals surface area contributed by atoms with E-state index in [1.54, 1.807) is 24.3 Å². The molecule has 1 atom stereocenters. The molecule has 0 spiro atoms. The minimum absolute atomic E-state index is 0.0340. The lowest BCUT2D eigenvalue weighted by atomic mass is 10.1. The lowest BCUT2D eigenvalue weighted by Gasteiger charge is -2.16. The molecule has 1 saturated heterocycles. The first-order chi connectivity index (χ1) is 14.8. The molecule has 0 aliphatic carbocycles. The molecule has 1 heterocycles. The Morgan fingerprint density at radius 1 is 1.19 bits per heavy atom. The first-order valence-corrected chi connectivity index (χ1v) is 11.1. The minimum atomic E-state index is -0.561. The largest absolute Gasteiger partial charge is 0.490 e. The van der Waals surface area contributed by atoms with E-state index in [0.29, 0.717) is 23.7 Å². The second kappa shape index (κ2) is 10.2. The van der Waals surface area contributed by atoms with E-state index < -0.39 is 17.0 Å². The summed E-state index contributed by atoms with van der Waals surface area (Å²) >= 11 is 6.85. The van der Waals surface area contributed by atoms with Gasteiger partial charge in [0.05, 0.1) is 24.2 Å². The van der Waals surface area contributed by atoms with Crippen LogP contribution >= 0.6 is 23.4 Å². The van der Waals surface area contributed by atoms with Crippen LogP contribution in [0.1, 0.15) is 38.3 Å². The van der Waals surface area contributed by atoms with Gasteiger partial charge < -0.3 is 9.47 Å². The molecule has 8 heteroatoms. The van der Waals surface area contributed by atoms with Crippen LogP contribution in [0.15, 0.2) is 41.3 Å². The molecule has 2 amide bonds. The quantitative estimate of drug-likeness (QED) is 0.430. The van der Waals surface area contributed by atoms with Crippen molar-refractivity contribution in [2.24, 2.45) is 0 Å². The molecule has 1 aliphatic heterocycles. The van der Waals surface area contributed by atoms with Gasteiger partial charge in [0.2, 0.25) is 0 Å². The third kappa shape index (κ3) is 5.40. The number of benzene rings is 2. The van der Waals surface area contributed by atoms with Crippen molar-refractivity contribution in [2.75, 3.05) is 6.61 Å². The third-order valence-electron chi connectivity index (χ3n) is 4.72. The molecule has 0 N–H and O–H groups in total. The van der Waals surface area contributed by atoms with E-state index in [-0.39, 0.29) is 28.1 Å². The van der Waals surface area contributed by atoms with Crippen LogP contribution in [0, 0.1) is 5.82 Å². The second-order valence-corrected chi connectivity index (χ2v) is 8.34. The van der Waals surface area contributed by atoms with E-state index in [2.05, 4.69) is 0 Å². The lowest BCUT2D eigenvalue weighted by molar-refractivity contribution is -0.123. The zero-order valence-corrected chi connectivity index (χ0v) is 19.1. The molecule has 0 aromatic heterocycles.